The zero-order valence-corrected chi connectivity index (χ0v) is 20.2. The third-order valence-electron chi connectivity index (χ3n) is 5.40. The highest BCUT2D eigenvalue weighted by Gasteiger charge is 2.21. The molecule has 1 atom stereocenters. The molecule has 8 nitrogen and oxygen atoms in total. The molecule has 0 spiro atoms. The summed E-state index contributed by atoms with van der Waals surface area (Å²) in [6.45, 7) is 2.26. The second-order valence-corrected chi connectivity index (χ2v) is 8.93. The third kappa shape index (κ3) is 8.22. The molecule has 0 saturated carbocycles. The lowest BCUT2D eigenvalue weighted by atomic mass is 10.0. The summed E-state index contributed by atoms with van der Waals surface area (Å²) in [6, 6.07) is 9.25. The van der Waals surface area contributed by atoms with Crippen molar-refractivity contribution in [1.82, 2.24) is 25.2 Å². The van der Waals surface area contributed by atoms with E-state index in [1.165, 1.54) is 11.3 Å². The van der Waals surface area contributed by atoms with Crippen LogP contribution in [0.1, 0.15) is 51.1 Å². The van der Waals surface area contributed by atoms with Gasteiger partial charge < -0.3 is 15.2 Å². The Morgan fingerprint density at radius 1 is 1.12 bits per heavy atom. The maximum Gasteiger partial charge on any atom is 0.242 e. The highest BCUT2D eigenvalue weighted by Crippen LogP contribution is 2.23. The fourth-order valence-electron chi connectivity index (χ4n) is 3.48. The summed E-state index contributed by atoms with van der Waals surface area (Å²) in [7, 11) is 0. The molecule has 2 heterocycles. The molecular weight excluding hydrogens is 450 g/mol. The van der Waals surface area contributed by atoms with Crippen LogP contribution >= 0.6 is 11.3 Å². The Labute approximate surface area is 203 Å². The topological polar surface area (TPSA) is 106 Å². The average Bonchev–Trinajstić information content (AvgIpc) is 3.54. The van der Waals surface area contributed by atoms with E-state index in [1.54, 1.807) is 23.3 Å². The molecule has 0 aliphatic heterocycles. The molecule has 0 aliphatic carbocycles. The number of benzene rings is 1. The standard InChI is InChI=1S/C25H31N5O3S/c1-2-21(31)11-7-4-8-12-22(29-23(32)16-30-14-13-26-18-30)24(33)27-15-20-17-34-25(28-20)19-9-5-3-6-10-19/h3,5-6,9-10,13-14,17-18,22H,2,4,7-8,11-12,15-16H2,1H3,(H,27,33)(H,29,32)/t22-/m0/s1. The molecule has 0 aliphatic rings. The summed E-state index contributed by atoms with van der Waals surface area (Å²) in [4.78, 5) is 45.4. The smallest absolute Gasteiger partial charge is 0.242 e. The Morgan fingerprint density at radius 3 is 2.68 bits per heavy atom. The number of carbonyl (C=O) groups is 3. The SMILES string of the molecule is CCC(=O)CCCCC[C@H](NC(=O)Cn1ccnc1)C(=O)NCc1csc(-c2ccccc2)n1. The fourth-order valence-corrected chi connectivity index (χ4v) is 4.31. The molecule has 1 aromatic carbocycles. The second kappa shape index (κ2) is 13.4. The summed E-state index contributed by atoms with van der Waals surface area (Å²) >= 11 is 1.53. The number of thiazole rings is 1. The molecule has 9 heteroatoms. The number of nitrogens with zero attached hydrogens (tertiary/aromatic N) is 3. The van der Waals surface area contributed by atoms with Crippen molar-refractivity contribution < 1.29 is 14.4 Å². The van der Waals surface area contributed by atoms with Crippen molar-refractivity contribution in [1.29, 1.82) is 0 Å². The van der Waals surface area contributed by atoms with Crippen LogP contribution in [-0.4, -0.2) is 38.2 Å². The van der Waals surface area contributed by atoms with E-state index in [2.05, 4.69) is 20.6 Å². The molecule has 0 saturated heterocycles. The first kappa shape index (κ1) is 25.3. The minimum Gasteiger partial charge on any atom is -0.349 e. The van der Waals surface area contributed by atoms with E-state index in [-0.39, 0.29) is 24.1 Å². The number of imidazole rings is 1. The number of ketones is 1. The van der Waals surface area contributed by atoms with Crippen molar-refractivity contribution in [2.24, 2.45) is 0 Å². The number of hydrogen-bond donors (Lipinski definition) is 2. The van der Waals surface area contributed by atoms with Crippen LogP contribution in [0.3, 0.4) is 0 Å². The predicted octanol–water partition coefficient (Wildman–Crippen LogP) is 3.74. The van der Waals surface area contributed by atoms with Gasteiger partial charge in [-0.05, 0) is 12.8 Å². The number of rotatable bonds is 14. The van der Waals surface area contributed by atoms with Crippen molar-refractivity contribution in [2.75, 3.05) is 0 Å². The van der Waals surface area contributed by atoms with Gasteiger partial charge in [0.25, 0.3) is 0 Å². The summed E-state index contributed by atoms with van der Waals surface area (Å²) in [5.74, 6) is -0.238. The van der Waals surface area contributed by atoms with E-state index in [0.29, 0.717) is 25.8 Å². The molecule has 3 rings (SSSR count). The van der Waals surface area contributed by atoms with Crippen molar-refractivity contribution in [2.45, 2.75) is 64.6 Å². The van der Waals surface area contributed by atoms with Crippen molar-refractivity contribution in [3.8, 4) is 10.6 Å². The molecule has 34 heavy (non-hydrogen) atoms. The van der Waals surface area contributed by atoms with Gasteiger partial charge in [0.15, 0.2) is 0 Å². The first-order chi connectivity index (χ1) is 16.5. The minimum absolute atomic E-state index is 0.0985. The van der Waals surface area contributed by atoms with Crippen LogP contribution in [-0.2, 0) is 27.5 Å². The summed E-state index contributed by atoms with van der Waals surface area (Å²) in [5, 5.41) is 8.59. The molecule has 0 fully saturated rings. The van der Waals surface area contributed by atoms with Crippen LogP contribution < -0.4 is 10.6 Å². The van der Waals surface area contributed by atoms with Gasteiger partial charge in [0.05, 0.1) is 18.6 Å². The Bertz CT molecular complexity index is 1050. The highest BCUT2D eigenvalue weighted by atomic mass is 32.1. The largest absolute Gasteiger partial charge is 0.349 e. The van der Waals surface area contributed by atoms with Gasteiger partial charge in [0.1, 0.15) is 23.4 Å². The van der Waals surface area contributed by atoms with E-state index >= 15 is 0 Å². The lowest BCUT2D eigenvalue weighted by molar-refractivity contribution is -0.129. The van der Waals surface area contributed by atoms with Crippen LogP contribution in [0.5, 0.6) is 0 Å². The molecule has 2 amide bonds. The van der Waals surface area contributed by atoms with Crippen molar-refractivity contribution in [3.63, 3.8) is 0 Å². The van der Waals surface area contributed by atoms with Crippen LogP contribution in [0.4, 0.5) is 0 Å². The zero-order chi connectivity index (χ0) is 24.2. The van der Waals surface area contributed by atoms with Gasteiger partial charge >= 0.3 is 0 Å². The molecular formula is C25H31N5O3S. The molecule has 0 radical (unpaired) electrons. The monoisotopic (exact) mass is 481 g/mol. The van der Waals surface area contributed by atoms with E-state index in [1.807, 2.05) is 42.6 Å². The quantitative estimate of drug-likeness (QED) is 0.341. The maximum absolute atomic E-state index is 12.9. The zero-order valence-electron chi connectivity index (χ0n) is 19.4. The van der Waals surface area contributed by atoms with Crippen LogP contribution in [0.15, 0.2) is 54.4 Å². The van der Waals surface area contributed by atoms with Gasteiger partial charge in [-0.1, -0.05) is 50.1 Å². The first-order valence-electron chi connectivity index (χ1n) is 11.6. The number of hydrogen-bond acceptors (Lipinski definition) is 6. The van der Waals surface area contributed by atoms with Crippen molar-refractivity contribution >= 4 is 28.9 Å². The van der Waals surface area contributed by atoms with E-state index in [9.17, 15) is 14.4 Å². The number of amides is 2. The Hall–Kier alpha value is -3.33. The minimum atomic E-state index is -0.648. The van der Waals surface area contributed by atoms with Crippen LogP contribution in [0.2, 0.25) is 0 Å². The number of Topliss-reactive ketones (excluding diaryl/α,β-unsaturated/α-hetero) is 1. The fraction of sp³-hybridized carbons (Fsp3) is 0.400. The van der Waals surface area contributed by atoms with Gasteiger partial charge in [0.2, 0.25) is 11.8 Å². The second-order valence-electron chi connectivity index (χ2n) is 8.07. The number of nitrogens with one attached hydrogen (secondary N) is 2. The van der Waals surface area contributed by atoms with Gasteiger partial charge in [-0.2, -0.15) is 0 Å². The lowest BCUT2D eigenvalue weighted by Crippen LogP contribution is -2.47. The number of carbonyl (C=O) groups excluding carboxylic acids is 3. The van der Waals surface area contributed by atoms with Gasteiger partial charge in [0, 0.05) is 36.2 Å². The normalized spacial score (nSPS) is 11.7. The summed E-state index contributed by atoms with van der Waals surface area (Å²) < 4.78 is 1.65. The number of unbranched alkanes of at least 4 members (excludes halogenated alkanes) is 2. The van der Waals surface area contributed by atoms with E-state index in [0.717, 1.165) is 35.5 Å². The first-order valence-corrected chi connectivity index (χ1v) is 12.5. The van der Waals surface area contributed by atoms with Gasteiger partial charge in [-0.15, -0.1) is 11.3 Å². The Morgan fingerprint density at radius 2 is 1.94 bits per heavy atom. The van der Waals surface area contributed by atoms with Crippen LogP contribution in [0.25, 0.3) is 10.6 Å². The Balaban J connectivity index is 1.53. The molecule has 180 valence electrons. The molecule has 2 N–H and O–H groups in total. The maximum atomic E-state index is 12.9. The molecule has 0 bridgehead atoms. The van der Waals surface area contributed by atoms with Gasteiger partial charge in [-0.25, -0.2) is 9.97 Å². The van der Waals surface area contributed by atoms with E-state index < -0.39 is 6.04 Å². The van der Waals surface area contributed by atoms with Gasteiger partial charge in [-0.3, -0.25) is 14.4 Å². The lowest BCUT2D eigenvalue weighted by Gasteiger charge is -2.18. The predicted molar refractivity (Wildman–Crippen MR) is 132 cm³/mol. The third-order valence-corrected chi connectivity index (χ3v) is 6.34. The van der Waals surface area contributed by atoms with Crippen molar-refractivity contribution in [3.05, 3.63) is 60.1 Å². The average molecular weight is 482 g/mol. The Kier molecular flexibility index (Phi) is 9.97. The molecule has 3 aromatic rings. The summed E-state index contributed by atoms with van der Waals surface area (Å²) in [5.41, 5.74) is 1.81. The number of aromatic nitrogens is 3. The molecule has 2 aromatic heterocycles. The molecule has 0 unspecified atom stereocenters. The van der Waals surface area contributed by atoms with Crippen LogP contribution in [0, 0.1) is 0 Å². The summed E-state index contributed by atoms with van der Waals surface area (Å²) in [6.07, 6.45) is 8.87. The highest BCUT2D eigenvalue weighted by molar-refractivity contribution is 7.13. The van der Waals surface area contributed by atoms with E-state index in [4.69, 9.17) is 0 Å².